The Bertz CT molecular complexity index is 1780. The number of thiophene rings is 2. The Labute approximate surface area is 310 Å². The summed E-state index contributed by atoms with van der Waals surface area (Å²) in [7, 11) is -8.55. The molecule has 0 unspecified atom stereocenters. The number of alkyl halides is 6. The summed E-state index contributed by atoms with van der Waals surface area (Å²) >= 11 is 24.1. The van der Waals surface area contributed by atoms with Gasteiger partial charge in [0.15, 0.2) is 0 Å². The molecule has 0 saturated heterocycles. The lowest BCUT2D eigenvalue weighted by molar-refractivity contribution is -0.159. The van der Waals surface area contributed by atoms with Crippen LogP contribution in [0.25, 0.3) is 0 Å². The molecule has 8 nitrogen and oxygen atoms in total. The number of sulfonamides is 2. The van der Waals surface area contributed by atoms with E-state index in [4.69, 9.17) is 46.4 Å². The first-order valence-corrected chi connectivity index (χ1v) is 19.6. The number of hydrogen-bond acceptors (Lipinski definition) is 8. The highest BCUT2D eigenvalue weighted by molar-refractivity contribution is 7.92. The molecule has 4 atom stereocenters. The Kier molecular flexibility index (Phi) is 14.9. The number of halogens is 10. The fourth-order valence-corrected chi connectivity index (χ4v) is 10.2. The largest absolute Gasteiger partial charge is 0.397 e. The van der Waals surface area contributed by atoms with Crippen LogP contribution in [-0.2, 0) is 20.0 Å². The Balaban J connectivity index is 0.000000270. The molecule has 0 fully saturated rings. The van der Waals surface area contributed by atoms with Crippen LogP contribution in [-0.4, -0.2) is 64.7 Å². The monoisotopic (exact) mass is 866 g/mol. The van der Waals surface area contributed by atoms with E-state index < -0.39 is 69.5 Å². The van der Waals surface area contributed by atoms with Crippen LogP contribution in [0.1, 0.15) is 23.0 Å². The maximum Gasteiger partial charge on any atom is 0.397 e. The Morgan fingerprint density at radius 2 is 0.860 bits per heavy atom. The molecule has 22 heteroatoms. The molecular weight excluding hydrogens is 844 g/mol. The number of nitrogens with one attached hydrogen (secondary N) is 2. The van der Waals surface area contributed by atoms with Gasteiger partial charge in [-0.05, 0) is 59.7 Å². The van der Waals surface area contributed by atoms with Gasteiger partial charge in [0.1, 0.15) is 8.42 Å². The lowest BCUT2D eigenvalue weighted by atomic mass is 9.92. The van der Waals surface area contributed by atoms with Crippen LogP contribution in [0.2, 0.25) is 18.7 Å². The molecule has 0 amide bonds. The second kappa shape index (κ2) is 17.4. The normalized spacial score (nSPS) is 15.1. The molecule has 4 rings (SSSR count). The minimum Gasteiger partial charge on any atom is -0.395 e. The van der Waals surface area contributed by atoms with Gasteiger partial charge in [-0.25, -0.2) is 26.3 Å². The molecule has 0 saturated carbocycles. The van der Waals surface area contributed by atoms with Crippen molar-refractivity contribution in [2.24, 2.45) is 0 Å². The predicted molar refractivity (Wildman–Crippen MR) is 182 cm³/mol. The third-order valence-corrected chi connectivity index (χ3v) is 13.5. The molecular formula is C28H24Cl4F6N2O6S4. The first-order chi connectivity index (χ1) is 23.1. The van der Waals surface area contributed by atoms with E-state index in [1.807, 2.05) is 9.44 Å². The summed E-state index contributed by atoms with van der Waals surface area (Å²) in [6, 6.07) is 11.0. The third kappa shape index (κ3) is 11.7. The van der Waals surface area contributed by atoms with Crippen molar-refractivity contribution in [3.8, 4) is 0 Å². The molecule has 276 valence electrons. The Hall–Kier alpha value is -1.68. The van der Waals surface area contributed by atoms with Gasteiger partial charge in [-0.15, -0.1) is 22.7 Å². The first kappa shape index (κ1) is 42.7. The van der Waals surface area contributed by atoms with Crippen molar-refractivity contribution >= 4 is 89.1 Å². The summed E-state index contributed by atoms with van der Waals surface area (Å²) in [5.41, 5.74) is -0.439. The minimum atomic E-state index is -4.79. The van der Waals surface area contributed by atoms with Crippen molar-refractivity contribution in [2.45, 2.75) is 44.7 Å². The van der Waals surface area contributed by atoms with Gasteiger partial charge in [-0.1, -0.05) is 70.7 Å². The molecule has 2 heterocycles. The summed E-state index contributed by atoms with van der Waals surface area (Å²) in [5, 5.41) is 19.3. The number of aliphatic hydroxyl groups excluding tert-OH is 2. The maximum absolute atomic E-state index is 13.5. The zero-order valence-corrected chi connectivity index (χ0v) is 30.9. The lowest BCUT2D eigenvalue weighted by Crippen LogP contribution is -2.46. The van der Waals surface area contributed by atoms with Gasteiger partial charge >= 0.3 is 12.4 Å². The van der Waals surface area contributed by atoms with Gasteiger partial charge in [0.25, 0.3) is 0 Å². The second-order valence-electron chi connectivity index (χ2n) is 10.1. The molecule has 0 bridgehead atoms. The summed E-state index contributed by atoms with van der Waals surface area (Å²) in [5.74, 6) is -4.50. The molecule has 4 N–H and O–H groups in total. The van der Waals surface area contributed by atoms with E-state index in [-0.39, 0.29) is 38.3 Å². The molecule has 2 aromatic heterocycles. The van der Waals surface area contributed by atoms with Gasteiger partial charge in [-0.3, -0.25) is 0 Å². The van der Waals surface area contributed by atoms with Gasteiger partial charge in [0.2, 0.25) is 20.0 Å². The van der Waals surface area contributed by atoms with Gasteiger partial charge in [0, 0.05) is 10.0 Å². The van der Waals surface area contributed by atoms with Crippen LogP contribution in [0.5, 0.6) is 0 Å². The molecule has 0 spiro atoms. The smallest absolute Gasteiger partial charge is 0.395 e. The average Bonchev–Trinajstić information content (AvgIpc) is 3.66. The van der Waals surface area contributed by atoms with Crippen molar-refractivity contribution in [3.05, 3.63) is 103 Å². The van der Waals surface area contributed by atoms with E-state index in [0.29, 0.717) is 22.7 Å². The highest BCUT2D eigenvalue weighted by atomic mass is 35.5. The van der Waals surface area contributed by atoms with Gasteiger partial charge in [-0.2, -0.15) is 26.3 Å². The van der Waals surface area contributed by atoms with Gasteiger partial charge < -0.3 is 10.2 Å². The molecule has 0 aliphatic carbocycles. The fourth-order valence-electron chi connectivity index (χ4n) is 4.46. The van der Waals surface area contributed by atoms with Crippen LogP contribution in [0.4, 0.5) is 26.3 Å². The van der Waals surface area contributed by atoms with E-state index >= 15 is 0 Å². The zero-order chi connectivity index (χ0) is 37.7. The van der Waals surface area contributed by atoms with Crippen molar-refractivity contribution in [1.82, 2.24) is 9.44 Å². The predicted octanol–water partition coefficient (Wildman–Crippen LogP) is 8.08. The minimum absolute atomic E-state index is 0.172. The standard InChI is InChI=1S/2C14H12Cl2F3NO3S2/c2*15-9-3-1-8(2-4-9)13(14(17,18)19)10(7-21)20-25(22,23)12-6-5-11(16)24-12/h2*1-6,10,13,20-21H,7H2/t10-,13+;10-,13-/m11/s1. The van der Waals surface area contributed by atoms with Crippen LogP contribution >= 0.6 is 69.1 Å². The van der Waals surface area contributed by atoms with Crippen LogP contribution in [0.3, 0.4) is 0 Å². The molecule has 0 radical (unpaired) electrons. The summed E-state index contributed by atoms with van der Waals surface area (Å²) in [6.45, 7) is -2.10. The Morgan fingerprint density at radius 3 is 1.08 bits per heavy atom. The van der Waals surface area contributed by atoms with E-state index in [9.17, 15) is 53.4 Å². The van der Waals surface area contributed by atoms with E-state index in [1.54, 1.807) is 0 Å². The van der Waals surface area contributed by atoms with E-state index in [1.165, 1.54) is 48.5 Å². The first-order valence-electron chi connectivity index (χ1n) is 13.5. The van der Waals surface area contributed by atoms with Gasteiger partial charge in [0.05, 0.1) is 45.8 Å². The van der Waals surface area contributed by atoms with Crippen molar-refractivity contribution in [2.75, 3.05) is 13.2 Å². The van der Waals surface area contributed by atoms with Crippen LogP contribution in [0.15, 0.2) is 81.2 Å². The number of aliphatic hydroxyl groups is 2. The third-order valence-electron chi connectivity index (χ3n) is 6.60. The lowest BCUT2D eigenvalue weighted by Gasteiger charge is -2.28. The van der Waals surface area contributed by atoms with Crippen molar-refractivity contribution in [3.63, 3.8) is 0 Å². The topological polar surface area (TPSA) is 133 Å². The molecule has 0 aliphatic heterocycles. The average molecular weight is 869 g/mol. The molecule has 50 heavy (non-hydrogen) atoms. The number of benzene rings is 2. The SMILES string of the molecule is O=S(=O)(N[C@H](CO)[C@@H](c1ccc(Cl)cc1)C(F)(F)F)c1ccc(Cl)s1.O=S(=O)(N[C@H](CO)[C@H](c1ccc(Cl)cc1)C(F)(F)F)c1ccc(Cl)s1. The van der Waals surface area contributed by atoms with Crippen molar-refractivity contribution in [1.29, 1.82) is 0 Å². The summed E-state index contributed by atoms with van der Waals surface area (Å²) in [6.07, 6.45) is -9.59. The highest BCUT2D eigenvalue weighted by Gasteiger charge is 2.48. The maximum atomic E-state index is 13.5. The fraction of sp³-hybridized carbons (Fsp3) is 0.286. The quantitative estimate of drug-likeness (QED) is 0.107. The highest BCUT2D eigenvalue weighted by Crippen LogP contribution is 2.40. The molecule has 4 aromatic rings. The molecule has 2 aromatic carbocycles. The van der Waals surface area contributed by atoms with Crippen molar-refractivity contribution < 1.29 is 53.4 Å². The zero-order valence-electron chi connectivity index (χ0n) is 24.6. The van der Waals surface area contributed by atoms with Crippen LogP contribution < -0.4 is 9.44 Å². The van der Waals surface area contributed by atoms with E-state index in [2.05, 4.69) is 0 Å². The summed E-state index contributed by atoms with van der Waals surface area (Å²) < 4.78 is 134. The van der Waals surface area contributed by atoms with Crippen LogP contribution in [0, 0.1) is 0 Å². The number of hydrogen-bond donors (Lipinski definition) is 4. The van der Waals surface area contributed by atoms with E-state index in [0.717, 1.165) is 24.3 Å². The second-order valence-corrected chi connectivity index (χ2v) is 18.3. The molecule has 0 aliphatic rings. The Morgan fingerprint density at radius 1 is 0.560 bits per heavy atom. The summed E-state index contributed by atoms with van der Waals surface area (Å²) in [4.78, 5) is 0. The number of rotatable bonds is 12.